The van der Waals surface area contributed by atoms with Crippen molar-refractivity contribution in [1.82, 2.24) is 4.98 Å². The summed E-state index contributed by atoms with van der Waals surface area (Å²) in [5.74, 6) is 0.662. The summed E-state index contributed by atoms with van der Waals surface area (Å²) in [6.45, 7) is 1.22. The van der Waals surface area contributed by atoms with E-state index in [0.29, 0.717) is 30.4 Å². The van der Waals surface area contributed by atoms with Gasteiger partial charge in [0.25, 0.3) is 0 Å². The fourth-order valence-corrected chi connectivity index (χ4v) is 2.89. The highest BCUT2D eigenvalue weighted by molar-refractivity contribution is 7.85. The first-order valence-corrected chi connectivity index (χ1v) is 6.93. The second-order valence-electron chi connectivity index (χ2n) is 3.68. The Morgan fingerprint density at radius 1 is 1.41 bits per heavy atom. The molecular formula is C10H11ClN2O3S. The van der Waals surface area contributed by atoms with Gasteiger partial charge < -0.3 is 10.0 Å². The van der Waals surface area contributed by atoms with Crippen LogP contribution in [0.15, 0.2) is 12.1 Å². The van der Waals surface area contributed by atoms with Crippen molar-refractivity contribution in [2.24, 2.45) is 0 Å². The molecular weight excluding hydrogens is 264 g/mol. The first-order valence-electron chi connectivity index (χ1n) is 5.07. The van der Waals surface area contributed by atoms with Gasteiger partial charge in [-0.15, -0.1) is 0 Å². The Kier molecular flexibility index (Phi) is 3.63. The van der Waals surface area contributed by atoms with Gasteiger partial charge in [0.2, 0.25) is 0 Å². The molecule has 1 fully saturated rings. The first-order chi connectivity index (χ1) is 8.06. The number of carboxylic acid groups (broad SMARTS) is 1. The zero-order valence-electron chi connectivity index (χ0n) is 8.93. The fraction of sp³-hybridized carbons (Fsp3) is 0.400. The van der Waals surface area contributed by atoms with E-state index >= 15 is 0 Å². The number of hydrogen-bond acceptors (Lipinski definition) is 4. The molecule has 2 rings (SSSR count). The zero-order chi connectivity index (χ0) is 12.4. The summed E-state index contributed by atoms with van der Waals surface area (Å²) >= 11 is 5.78. The standard InChI is InChI=1S/C10H11ClN2O3S/c11-8-5-7(10(14)15)6-9(12-8)13-1-3-17(16)4-2-13/h5-6H,1-4H2,(H,14,15). The Bertz CT molecular complexity index is 471. The Labute approximate surface area is 106 Å². The van der Waals surface area contributed by atoms with Crippen LogP contribution in [0.1, 0.15) is 10.4 Å². The van der Waals surface area contributed by atoms with Crippen molar-refractivity contribution in [3.05, 3.63) is 22.8 Å². The second-order valence-corrected chi connectivity index (χ2v) is 5.76. The third-order valence-corrected chi connectivity index (χ3v) is 4.00. The van der Waals surface area contributed by atoms with Crippen molar-refractivity contribution < 1.29 is 14.1 Å². The lowest BCUT2D eigenvalue weighted by Crippen LogP contribution is -2.38. The van der Waals surface area contributed by atoms with Gasteiger partial charge in [-0.3, -0.25) is 4.21 Å². The van der Waals surface area contributed by atoms with E-state index < -0.39 is 16.8 Å². The van der Waals surface area contributed by atoms with Crippen molar-refractivity contribution in [2.75, 3.05) is 29.5 Å². The number of nitrogens with zero attached hydrogens (tertiary/aromatic N) is 2. The normalized spacial score (nSPS) is 17.1. The smallest absolute Gasteiger partial charge is 0.335 e. The molecule has 1 aliphatic rings. The number of carbonyl (C=O) groups is 1. The van der Waals surface area contributed by atoms with Gasteiger partial charge in [0.05, 0.1) is 5.56 Å². The molecule has 1 aromatic rings. The van der Waals surface area contributed by atoms with Crippen molar-refractivity contribution in [3.63, 3.8) is 0 Å². The molecule has 2 heterocycles. The van der Waals surface area contributed by atoms with Gasteiger partial charge in [-0.1, -0.05) is 11.6 Å². The zero-order valence-corrected chi connectivity index (χ0v) is 10.5. The molecule has 0 spiro atoms. The summed E-state index contributed by atoms with van der Waals surface area (Å²) in [6.07, 6.45) is 0. The molecule has 1 aromatic heterocycles. The van der Waals surface area contributed by atoms with Crippen molar-refractivity contribution >= 4 is 34.2 Å². The molecule has 0 bridgehead atoms. The highest BCUT2D eigenvalue weighted by Crippen LogP contribution is 2.19. The van der Waals surface area contributed by atoms with Crippen LogP contribution in [0.5, 0.6) is 0 Å². The Morgan fingerprint density at radius 2 is 2.06 bits per heavy atom. The van der Waals surface area contributed by atoms with Crippen LogP contribution >= 0.6 is 11.6 Å². The summed E-state index contributed by atoms with van der Waals surface area (Å²) in [5, 5.41) is 9.08. The monoisotopic (exact) mass is 274 g/mol. The van der Waals surface area contributed by atoms with Crippen LogP contribution in [0.2, 0.25) is 5.15 Å². The molecule has 1 saturated heterocycles. The van der Waals surface area contributed by atoms with Crippen LogP contribution in [0.4, 0.5) is 5.82 Å². The van der Waals surface area contributed by atoms with Crippen LogP contribution < -0.4 is 4.90 Å². The van der Waals surface area contributed by atoms with Gasteiger partial charge in [-0.05, 0) is 12.1 Å². The highest BCUT2D eigenvalue weighted by Gasteiger charge is 2.18. The van der Waals surface area contributed by atoms with Crippen LogP contribution in [-0.2, 0) is 10.8 Å². The van der Waals surface area contributed by atoms with Crippen molar-refractivity contribution in [2.45, 2.75) is 0 Å². The van der Waals surface area contributed by atoms with Gasteiger partial charge >= 0.3 is 5.97 Å². The average Bonchev–Trinajstić information content (AvgIpc) is 2.29. The minimum Gasteiger partial charge on any atom is -0.478 e. The van der Waals surface area contributed by atoms with Crippen LogP contribution in [-0.4, -0.2) is 44.9 Å². The maximum absolute atomic E-state index is 11.2. The minimum absolute atomic E-state index is 0.117. The van der Waals surface area contributed by atoms with Gasteiger partial charge in [-0.2, -0.15) is 0 Å². The van der Waals surface area contributed by atoms with Gasteiger partial charge in [0.15, 0.2) is 0 Å². The van der Waals surface area contributed by atoms with Crippen LogP contribution in [0, 0.1) is 0 Å². The maximum Gasteiger partial charge on any atom is 0.335 e. The quantitative estimate of drug-likeness (QED) is 0.815. The largest absolute Gasteiger partial charge is 0.478 e. The molecule has 1 N–H and O–H groups in total. The van der Waals surface area contributed by atoms with Crippen molar-refractivity contribution in [3.8, 4) is 0 Å². The third-order valence-electron chi connectivity index (χ3n) is 2.53. The van der Waals surface area contributed by atoms with E-state index in [9.17, 15) is 9.00 Å². The van der Waals surface area contributed by atoms with Gasteiger partial charge in [-0.25, -0.2) is 9.78 Å². The summed E-state index contributed by atoms with van der Waals surface area (Å²) in [6, 6.07) is 2.80. The van der Waals surface area contributed by atoms with E-state index in [1.54, 1.807) is 0 Å². The summed E-state index contributed by atoms with van der Waals surface area (Å²) < 4.78 is 11.2. The molecule has 0 atom stereocenters. The molecule has 0 saturated carbocycles. The minimum atomic E-state index is -1.03. The molecule has 0 amide bonds. The average molecular weight is 275 g/mol. The van der Waals surface area contributed by atoms with Crippen molar-refractivity contribution in [1.29, 1.82) is 0 Å². The topological polar surface area (TPSA) is 70.5 Å². The van der Waals surface area contributed by atoms with E-state index in [2.05, 4.69) is 4.98 Å². The molecule has 0 aliphatic carbocycles. The third kappa shape index (κ3) is 2.95. The van der Waals surface area contributed by atoms with E-state index in [1.165, 1.54) is 12.1 Å². The molecule has 7 heteroatoms. The summed E-state index contributed by atoms with van der Waals surface area (Å²) in [4.78, 5) is 16.9. The van der Waals surface area contributed by atoms with E-state index in [-0.39, 0.29) is 10.7 Å². The molecule has 1 aliphatic heterocycles. The SMILES string of the molecule is O=C(O)c1cc(Cl)nc(N2CCS(=O)CC2)c1. The Balaban J connectivity index is 2.26. The predicted octanol–water partition coefficient (Wildman–Crippen LogP) is 1.00. The number of hydrogen-bond donors (Lipinski definition) is 1. The maximum atomic E-state index is 11.2. The van der Waals surface area contributed by atoms with Gasteiger partial charge in [0, 0.05) is 35.4 Å². The lowest BCUT2D eigenvalue weighted by atomic mass is 10.2. The van der Waals surface area contributed by atoms with Gasteiger partial charge in [0.1, 0.15) is 11.0 Å². The lowest BCUT2D eigenvalue weighted by molar-refractivity contribution is 0.0697. The predicted molar refractivity (Wildman–Crippen MR) is 66.3 cm³/mol. The summed E-state index contributed by atoms with van der Waals surface area (Å²) in [7, 11) is -0.773. The fourth-order valence-electron chi connectivity index (χ4n) is 1.64. The molecule has 92 valence electrons. The summed E-state index contributed by atoms with van der Waals surface area (Å²) in [5.41, 5.74) is 0.117. The highest BCUT2D eigenvalue weighted by atomic mass is 35.5. The lowest BCUT2D eigenvalue weighted by Gasteiger charge is -2.27. The van der Waals surface area contributed by atoms with E-state index in [0.717, 1.165) is 0 Å². The van der Waals surface area contributed by atoms with Crippen LogP contribution in [0.3, 0.4) is 0 Å². The number of rotatable bonds is 2. The van der Waals surface area contributed by atoms with E-state index in [1.807, 2.05) is 4.90 Å². The van der Waals surface area contributed by atoms with E-state index in [4.69, 9.17) is 16.7 Å². The number of aromatic carboxylic acids is 1. The number of aromatic nitrogens is 1. The van der Waals surface area contributed by atoms with Crippen LogP contribution in [0.25, 0.3) is 0 Å². The molecule has 5 nitrogen and oxygen atoms in total. The molecule has 0 aromatic carbocycles. The number of pyridine rings is 1. The Hall–Kier alpha value is -1.14. The molecule has 17 heavy (non-hydrogen) atoms. The number of carboxylic acids is 1. The molecule has 0 radical (unpaired) electrons. The number of halogens is 1. The number of anilines is 1. The second kappa shape index (κ2) is 5.01. The first kappa shape index (κ1) is 12.3. The molecule has 0 unspecified atom stereocenters. The Morgan fingerprint density at radius 3 is 2.65 bits per heavy atom.